The summed E-state index contributed by atoms with van der Waals surface area (Å²) in [7, 11) is -3.50. The standard InChI is InChI=1S/C26H29N5O3S2/c1-19-18-24-28-29-26(31(24)23-9-5-4-8-22(19)23)35-17-14-25(32)27-20-10-12-21(13-11-20)36(33,34)30-15-6-2-3-7-16-30/h4-5,8-13,18H,2-3,6-7,14-17H2,1H3,(H,27,32). The summed E-state index contributed by atoms with van der Waals surface area (Å²) in [5, 5.41) is 13.4. The van der Waals surface area contributed by atoms with E-state index in [9.17, 15) is 13.2 Å². The molecule has 8 nitrogen and oxygen atoms in total. The van der Waals surface area contributed by atoms with E-state index in [-0.39, 0.29) is 17.2 Å². The number of aromatic nitrogens is 3. The Kier molecular flexibility index (Phi) is 7.27. The first-order valence-electron chi connectivity index (χ1n) is 12.2. The molecular formula is C26H29N5O3S2. The van der Waals surface area contributed by atoms with Crippen molar-refractivity contribution in [1.82, 2.24) is 18.9 Å². The van der Waals surface area contributed by atoms with Gasteiger partial charge in [0.2, 0.25) is 15.9 Å². The van der Waals surface area contributed by atoms with Gasteiger partial charge in [0.1, 0.15) is 0 Å². The van der Waals surface area contributed by atoms with Crippen molar-refractivity contribution in [3.8, 4) is 0 Å². The van der Waals surface area contributed by atoms with Gasteiger partial charge < -0.3 is 5.32 Å². The zero-order chi connectivity index (χ0) is 25.1. The van der Waals surface area contributed by atoms with Crippen molar-refractivity contribution in [2.45, 2.75) is 49.1 Å². The third-order valence-electron chi connectivity index (χ3n) is 6.47. The maximum Gasteiger partial charge on any atom is 0.243 e. The summed E-state index contributed by atoms with van der Waals surface area (Å²) in [6, 6.07) is 16.6. The minimum absolute atomic E-state index is 0.139. The number of benzene rings is 2. The van der Waals surface area contributed by atoms with Gasteiger partial charge in [0.25, 0.3) is 0 Å². The number of amides is 1. The average Bonchev–Trinajstić information content (AvgIpc) is 3.08. The molecule has 0 saturated carbocycles. The van der Waals surface area contributed by atoms with Crippen molar-refractivity contribution in [3.63, 3.8) is 0 Å². The fourth-order valence-corrected chi connectivity index (χ4v) is 6.97. The van der Waals surface area contributed by atoms with Gasteiger partial charge in [-0.15, -0.1) is 10.2 Å². The van der Waals surface area contributed by atoms with Gasteiger partial charge >= 0.3 is 0 Å². The molecule has 0 aliphatic carbocycles. The number of hydrogen-bond acceptors (Lipinski definition) is 6. The molecule has 0 bridgehead atoms. The highest BCUT2D eigenvalue weighted by molar-refractivity contribution is 7.99. The summed E-state index contributed by atoms with van der Waals surface area (Å²) < 4.78 is 29.5. The second-order valence-electron chi connectivity index (χ2n) is 9.01. The highest BCUT2D eigenvalue weighted by Gasteiger charge is 2.25. The molecule has 1 N–H and O–H groups in total. The van der Waals surface area contributed by atoms with E-state index in [1.807, 2.05) is 28.7 Å². The van der Waals surface area contributed by atoms with E-state index in [1.54, 1.807) is 28.6 Å². The molecule has 2 aromatic heterocycles. The van der Waals surface area contributed by atoms with Gasteiger partial charge in [-0.3, -0.25) is 9.20 Å². The highest BCUT2D eigenvalue weighted by atomic mass is 32.2. The minimum Gasteiger partial charge on any atom is -0.326 e. The average molecular weight is 524 g/mol. The number of nitrogens with one attached hydrogen (secondary N) is 1. The van der Waals surface area contributed by atoms with Crippen molar-refractivity contribution < 1.29 is 13.2 Å². The Morgan fingerprint density at radius 2 is 1.72 bits per heavy atom. The Morgan fingerprint density at radius 1 is 1.00 bits per heavy atom. The summed E-state index contributed by atoms with van der Waals surface area (Å²) in [5.41, 5.74) is 3.55. The van der Waals surface area contributed by atoms with Crippen LogP contribution in [0.15, 0.2) is 64.6 Å². The quantitative estimate of drug-likeness (QED) is 0.347. The highest BCUT2D eigenvalue weighted by Crippen LogP contribution is 2.26. The summed E-state index contributed by atoms with van der Waals surface area (Å²) in [4.78, 5) is 12.8. The van der Waals surface area contributed by atoms with Crippen LogP contribution in [0, 0.1) is 6.92 Å². The summed E-state index contributed by atoms with van der Waals surface area (Å²) in [6.45, 7) is 3.19. The van der Waals surface area contributed by atoms with Gasteiger partial charge in [-0.25, -0.2) is 8.42 Å². The zero-order valence-corrected chi connectivity index (χ0v) is 21.8. The fraction of sp³-hybridized carbons (Fsp3) is 0.346. The van der Waals surface area contributed by atoms with E-state index in [4.69, 9.17) is 0 Å². The number of rotatable bonds is 7. The van der Waals surface area contributed by atoms with Crippen LogP contribution >= 0.6 is 11.8 Å². The van der Waals surface area contributed by atoms with Crippen molar-refractivity contribution >= 4 is 49.9 Å². The Labute approximate surface area is 215 Å². The lowest BCUT2D eigenvalue weighted by Crippen LogP contribution is -2.31. The molecule has 1 aliphatic rings. The van der Waals surface area contributed by atoms with E-state index >= 15 is 0 Å². The first-order chi connectivity index (χ1) is 17.4. The monoisotopic (exact) mass is 523 g/mol. The van der Waals surface area contributed by atoms with Crippen LogP contribution < -0.4 is 5.32 Å². The third kappa shape index (κ3) is 5.11. The Bertz CT molecular complexity index is 1490. The molecule has 1 saturated heterocycles. The number of anilines is 1. The molecular weight excluding hydrogens is 494 g/mol. The second kappa shape index (κ2) is 10.6. The zero-order valence-electron chi connectivity index (χ0n) is 20.2. The van der Waals surface area contributed by atoms with Gasteiger partial charge in [0.15, 0.2) is 10.8 Å². The number of carbonyl (C=O) groups excluding carboxylic acids is 1. The Morgan fingerprint density at radius 3 is 2.47 bits per heavy atom. The number of sulfonamides is 1. The first-order valence-corrected chi connectivity index (χ1v) is 14.6. The van der Waals surface area contributed by atoms with E-state index in [1.165, 1.54) is 11.8 Å². The largest absolute Gasteiger partial charge is 0.326 e. The van der Waals surface area contributed by atoms with Gasteiger partial charge in [-0.1, -0.05) is 42.8 Å². The van der Waals surface area contributed by atoms with Gasteiger partial charge in [0.05, 0.1) is 10.4 Å². The molecule has 1 amide bonds. The molecule has 4 aromatic rings. The number of carbonyl (C=O) groups is 1. The SMILES string of the molecule is Cc1cc2nnc(SCCC(=O)Nc3ccc(S(=O)(=O)N4CCCCCC4)cc3)n2c2ccccc12. The van der Waals surface area contributed by atoms with Gasteiger partial charge in [-0.2, -0.15) is 4.31 Å². The van der Waals surface area contributed by atoms with Crippen LogP contribution in [-0.2, 0) is 14.8 Å². The normalized spacial score (nSPS) is 15.2. The molecule has 0 unspecified atom stereocenters. The Balaban J connectivity index is 1.20. The van der Waals surface area contributed by atoms with Crippen molar-refractivity contribution in [1.29, 1.82) is 0 Å². The molecule has 2 aromatic carbocycles. The molecule has 10 heteroatoms. The smallest absolute Gasteiger partial charge is 0.243 e. The number of nitrogens with zero attached hydrogens (tertiary/aromatic N) is 4. The molecule has 1 fully saturated rings. The molecule has 0 atom stereocenters. The van der Waals surface area contributed by atoms with Crippen molar-refractivity contribution in [2.75, 3.05) is 24.2 Å². The lowest BCUT2D eigenvalue weighted by molar-refractivity contribution is -0.115. The van der Waals surface area contributed by atoms with E-state index < -0.39 is 10.0 Å². The van der Waals surface area contributed by atoms with E-state index in [0.29, 0.717) is 24.5 Å². The summed E-state index contributed by atoms with van der Waals surface area (Å²) >= 11 is 1.48. The van der Waals surface area contributed by atoms with Crippen LogP contribution in [0.3, 0.4) is 0 Å². The van der Waals surface area contributed by atoms with Crippen LogP contribution in [0.25, 0.3) is 16.6 Å². The maximum absolute atomic E-state index is 12.9. The Hall–Kier alpha value is -2.95. The molecule has 0 radical (unpaired) electrons. The lowest BCUT2D eigenvalue weighted by Gasteiger charge is -2.20. The number of aryl methyl sites for hydroxylation is 1. The summed E-state index contributed by atoms with van der Waals surface area (Å²) in [6.07, 6.45) is 4.21. The van der Waals surface area contributed by atoms with Crippen LogP contribution in [-0.4, -0.2) is 52.1 Å². The maximum atomic E-state index is 12.9. The molecule has 0 spiro atoms. The number of pyridine rings is 1. The molecule has 36 heavy (non-hydrogen) atoms. The number of para-hydroxylation sites is 1. The topological polar surface area (TPSA) is 96.7 Å². The number of thioether (sulfide) groups is 1. The number of fused-ring (bicyclic) bond motifs is 3. The van der Waals surface area contributed by atoms with Gasteiger partial charge in [0, 0.05) is 36.3 Å². The number of hydrogen-bond donors (Lipinski definition) is 1. The second-order valence-corrected chi connectivity index (χ2v) is 12.0. The molecule has 188 valence electrons. The summed E-state index contributed by atoms with van der Waals surface area (Å²) in [5.74, 6) is 0.399. The van der Waals surface area contributed by atoms with Crippen LogP contribution in [0.1, 0.15) is 37.7 Å². The predicted molar refractivity (Wildman–Crippen MR) is 143 cm³/mol. The van der Waals surface area contributed by atoms with E-state index in [2.05, 4.69) is 28.5 Å². The fourth-order valence-electron chi connectivity index (χ4n) is 4.57. The van der Waals surface area contributed by atoms with Crippen LogP contribution in [0.5, 0.6) is 0 Å². The first kappa shape index (κ1) is 24.7. The van der Waals surface area contributed by atoms with Crippen LogP contribution in [0.2, 0.25) is 0 Å². The van der Waals surface area contributed by atoms with Gasteiger partial charge in [-0.05, 0) is 61.7 Å². The molecule has 5 rings (SSSR count). The predicted octanol–water partition coefficient (Wildman–Crippen LogP) is 4.88. The minimum atomic E-state index is -3.50. The molecule has 3 heterocycles. The molecule has 1 aliphatic heterocycles. The van der Waals surface area contributed by atoms with Crippen molar-refractivity contribution in [3.05, 3.63) is 60.2 Å². The third-order valence-corrected chi connectivity index (χ3v) is 9.32. The van der Waals surface area contributed by atoms with E-state index in [0.717, 1.165) is 53.0 Å². The van der Waals surface area contributed by atoms with Crippen LogP contribution in [0.4, 0.5) is 5.69 Å². The lowest BCUT2D eigenvalue weighted by atomic mass is 10.1. The van der Waals surface area contributed by atoms with Crippen molar-refractivity contribution in [2.24, 2.45) is 0 Å².